The highest BCUT2D eigenvalue weighted by molar-refractivity contribution is 9.10. The number of hydrogen-bond donors (Lipinski definition) is 1. The number of rotatable bonds is 2. The largest absolute Gasteiger partial charge is 0.369 e. The molecule has 96 valence electrons. The number of aryl methyl sites for hydroxylation is 1. The first-order chi connectivity index (χ1) is 8.40. The van der Waals surface area contributed by atoms with Crippen LogP contribution in [-0.2, 0) is 9.59 Å². The van der Waals surface area contributed by atoms with Crippen LogP contribution in [-0.4, -0.2) is 18.4 Å². The second kappa shape index (κ2) is 4.68. The first-order valence-electron chi connectivity index (χ1n) is 5.45. The first-order valence-corrected chi connectivity index (χ1v) is 6.24. The third-order valence-electron chi connectivity index (χ3n) is 3.05. The maximum absolute atomic E-state index is 13.8. The molecule has 1 aromatic rings. The number of carbonyl (C=O) groups is 2. The van der Waals surface area contributed by atoms with Crippen molar-refractivity contribution in [1.29, 1.82) is 0 Å². The van der Waals surface area contributed by atoms with Crippen molar-refractivity contribution >= 4 is 33.4 Å². The molecular weight excluding hydrogens is 303 g/mol. The van der Waals surface area contributed by atoms with Gasteiger partial charge in [-0.1, -0.05) is 15.9 Å². The van der Waals surface area contributed by atoms with E-state index in [0.29, 0.717) is 4.47 Å². The Kier molecular flexibility index (Phi) is 3.38. The lowest BCUT2D eigenvalue weighted by atomic mass is 10.1. The van der Waals surface area contributed by atoms with Crippen LogP contribution >= 0.6 is 15.9 Å². The van der Waals surface area contributed by atoms with Crippen LogP contribution in [0.5, 0.6) is 0 Å². The molecule has 4 nitrogen and oxygen atoms in total. The van der Waals surface area contributed by atoms with E-state index in [1.807, 2.05) is 0 Å². The molecule has 1 aromatic carbocycles. The number of nitrogens with zero attached hydrogens (tertiary/aromatic N) is 1. The molecule has 0 radical (unpaired) electrons. The predicted molar refractivity (Wildman–Crippen MR) is 68.5 cm³/mol. The van der Waals surface area contributed by atoms with Crippen LogP contribution in [0.3, 0.4) is 0 Å². The Bertz CT molecular complexity index is 533. The Morgan fingerprint density at radius 1 is 1.56 bits per heavy atom. The molecule has 0 aromatic heterocycles. The Balaban J connectivity index is 2.35. The van der Waals surface area contributed by atoms with Crippen molar-refractivity contribution in [3.8, 4) is 0 Å². The van der Waals surface area contributed by atoms with Crippen molar-refractivity contribution in [3.63, 3.8) is 0 Å². The molecule has 1 heterocycles. The van der Waals surface area contributed by atoms with Gasteiger partial charge in [0.2, 0.25) is 11.8 Å². The van der Waals surface area contributed by atoms with Crippen molar-refractivity contribution < 1.29 is 14.0 Å². The number of hydrogen-bond acceptors (Lipinski definition) is 2. The van der Waals surface area contributed by atoms with Crippen molar-refractivity contribution in [2.45, 2.75) is 13.3 Å². The van der Waals surface area contributed by atoms with Crippen LogP contribution in [0.1, 0.15) is 12.0 Å². The molecular formula is C12H12BrFN2O2. The Hall–Kier alpha value is -1.43. The van der Waals surface area contributed by atoms with Crippen LogP contribution in [0, 0.1) is 18.7 Å². The maximum Gasteiger partial charge on any atom is 0.227 e. The third kappa shape index (κ3) is 2.25. The molecule has 1 unspecified atom stereocenters. The minimum atomic E-state index is -0.541. The topological polar surface area (TPSA) is 63.4 Å². The summed E-state index contributed by atoms with van der Waals surface area (Å²) in [5, 5.41) is 0. The predicted octanol–water partition coefficient (Wildman–Crippen LogP) is 1.73. The van der Waals surface area contributed by atoms with Crippen LogP contribution in [0.15, 0.2) is 16.6 Å². The van der Waals surface area contributed by atoms with Crippen LogP contribution < -0.4 is 10.6 Å². The molecule has 0 spiro atoms. The number of benzene rings is 1. The second-order valence-electron chi connectivity index (χ2n) is 4.36. The van der Waals surface area contributed by atoms with Crippen LogP contribution in [0.4, 0.5) is 10.1 Å². The van der Waals surface area contributed by atoms with E-state index >= 15 is 0 Å². The fourth-order valence-corrected chi connectivity index (χ4v) is 2.30. The van der Waals surface area contributed by atoms with Gasteiger partial charge in [0.25, 0.3) is 0 Å². The van der Waals surface area contributed by atoms with Crippen molar-refractivity contribution in [3.05, 3.63) is 28.0 Å². The molecule has 2 rings (SSSR count). The molecule has 1 aliphatic rings. The molecule has 1 fully saturated rings. The molecule has 18 heavy (non-hydrogen) atoms. The van der Waals surface area contributed by atoms with Gasteiger partial charge in [0.05, 0.1) is 11.6 Å². The molecule has 1 aliphatic heterocycles. The van der Waals surface area contributed by atoms with Gasteiger partial charge in [-0.25, -0.2) is 4.39 Å². The van der Waals surface area contributed by atoms with Crippen LogP contribution in [0.2, 0.25) is 0 Å². The Morgan fingerprint density at radius 3 is 2.78 bits per heavy atom. The SMILES string of the molecule is Cc1cc(N2CC(C(N)=O)CC2=O)c(F)cc1Br. The summed E-state index contributed by atoms with van der Waals surface area (Å²) < 4.78 is 14.5. The summed E-state index contributed by atoms with van der Waals surface area (Å²) >= 11 is 3.22. The van der Waals surface area contributed by atoms with E-state index in [1.165, 1.54) is 11.0 Å². The fraction of sp³-hybridized carbons (Fsp3) is 0.333. The first kappa shape index (κ1) is 13.0. The normalized spacial score (nSPS) is 19.4. The lowest BCUT2D eigenvalue weighted by Crippen LogP contribution is -2.29. The molecule has 1 atom stereocenters. The van der Waals surface area contributed by atoms with Gasteiger partial charge in [-0.2, -0.15) is 0 Å². The summed E-state index contributed by atoms with van der Waals surface area (Å²) in [5.41, 5.74) is 6.19. The van der Waals surface area contributed by atoms with Gasteiger partial charge in [0, 0.05) is 17.4 Å². The zero-order chi connectivity index (χ0) is 13.4. The van der Waals surface area contributed by atoms with E-state index in [-0.39, 0.29) is 24.6 Å². The molecule has 2 N–H and O–H groups in total. The van der Waals surface area contributed by atoms with Crippen molar-refractivity contribution in [1.82, 2.24) is 0 Å². The number of amides is 2. The number of carbonyl (C=O) groups excluding carboxylic acids is 2. The quantitative estimate of drug-likeness (QED) is 0.903. The van der Waals surface area contributed by atoms with Gasteiger partial charge in [0.15, 0.2) is 0 Å². The van der Waals surface area contributed by atoms with Gasteiger partial charge < -0.3 is 10.6 Å². The number of halogens is 2. The van der Waals surface area contributed by atoms with E-state index < -0.39 is 17.6 Å². The molecule has 0 bridgehead atoms. The summed E-state index contributed by atoms with van der Waals surface area (Å²) in [7, 11) is 0. The Morgan fingerprint density at radius 2 is 2.22 bits per heavy atom. The molecule has 6 heteroatoms. The number of nitrogens with two attached hydrogens (primary N) is 1. The average Bonchev–Trinajstić information content (AvgIpc) is 2.66. The fourth-order valence-electron chi connectivity index (χ4n) is 1.98. The number of primary amides is 1. The molecule has 1 saturated heterocycles. The van der Waals surface area contributed by atoms with Gasteiger partial charge in [0.1, 0.15) is 5.82 Å². The highest BCUT2D eigenvalue weighted by Crippen LogP contribution is 2.31. The molecule has 0 saturated carbocycles. The standard InChI is InChI=1S/C12H12BrFN2O2/c1-6-2-10(9(14)4-8(6)13)16-5-7(12(15)18)3-11(16)17/h2,4,7H,3,5H2,1H3,(H2,15,18). The van der Waals surface area contributed by atoms with Crippen LogP contribution in [0.25, 0.3) is 0 Å². The van der Waals surface area contributed by atoms with E-state index in [4.69, 9.17) is 5.73 Å². The summed E-state index contributed by atoms with van der Waals surface area (Å²) in [6, 6.07) is 2.90. The zero-order valence-electron chi connectivity index (χ0n) is 9.74. The second-order valence-corrected chi connectivity index (χ2v) is 5.21. The monoisotopic (exact) mass is 314 g/mol. The number of anilines is 1. The van der Waals surface area contributed by atoms with E-state index in [1.54, 1.807) is 13.0 Å². The van der Waals surface area contributed by atoms with E-state index in [2.05, 4.69) is 15.9 Å². The third-order valence-corrected chi connectivity index (χ3v) is 3.90. The molecule has 0 aliphatic carbocycles. The average molecular weight is 315 g/mol. The Labute approximate surface area is 112 Å². The zero-order valence-corrected chi connectivity index (χ0v) is 11.3. The minimum absolute atomic E-state index is 0.0455. The summed E-state index contributed by atoms with van der Waals surface area (Å²) in [4.78, 5) is 24.1. The van der Waals surface area contributed by atoms with Gasteiger partial charge in [-0.05, 0) is 24.6 Å². The van der Waals surface area contributed by atoms with Crippen molar-refractivity contribution in [2.24, 2.45) is 11.7 Å². The maximum atomic E-state index is 13.8. The van der Waals surface area contributed by atoms with Gasteiger partial charge in [-0.15, -0.1) is 0 Å². The molecule has 2 amide bonds. The van der Waals surface area contributed by atoms with Crippen molar-refractivity contribution in [2.75, 3.05) is 11.4 Å². The minimum Gasteiger partial charge on any atom is -0.369 e. The van der Waals surface area contributed by atoms with E-state index in [9.17, 15) is 14.0 Å². The van der Waals surface area contributed by atoms with Gasteiger partial charge in [-0.3, -0.25) is 9.59 Å². The smallest absolute Gasteiger partial charge is 0.227 e. The van der Waals surface area contributed by atoms with E-state index in [0.717, 1.165) is 5.56 Å². The summed E-state index contributed by atoms with van der Waals surface area (Å²) in [5.74, 6) is -1.84. The lowest BCUT2D eigenvalue weighted by molar-refractivity contribution is -0.123. The summed E-state index contributed by atoms with van der Waals surface area (Å²) in [6.45, 7) is 1.95. The summed E-state index contributed by atoms with van der Waals surface area (Å²) in [6.07, 6.45) is 0.0455. The highest BCUT2D eigenvalue weighted by atomic mass is 79.9. The lowest BCUT2D eigenvalue weighted by Gasteiger charge is -2.18. The highest BCUT2D eigenvalue weighted by Gasteiger charge is 2.35. The van der Waals surface area contributed by atoms with Gasteiger partial charge >= 0.3 is 0 Å².